The molecule has 47 heavy (non-hydrogen) atoms. The number of anilines is 1. The lowest BCUT2D eigenvalue weighted by Crippen LogP contribution is -2.60. The monoisotopic (exact) mass is 676 g/mol. The fourth-order valence-corrected chi connectivity index (χ4v) is 7.85. The third-order valence-corrected chi connectivity index (χ3v) is 10.6. The normalized spacial score (nSPS) is 21.8. The van der Waals surface area contributed by atoms with E-state index in [1.807, 2.05) is 24.3 Å². The van der Waals surface area contributed by atoms with Crippen LogP contribution >= 0.6 is 23.2 Å². The summed E-state index contributed by atoms with van der Waals surface area (Å²) < 4.78 is 5.84. The number of nitrogens with zero attached hydrogens (tertiary/aromatic N) is 4. The van der Waals surface area contributed by atoms with Gasteiger partial charge in [-0.1, -0.05) is 53.5 Å². The zero-order valence-corrected chi connectivity index (χ0v) is 27.7. The van der Waals surface area contributed by atoms with E-state index in [2.05, 4.69) is 21.6 Å². The van der Waals surface area contributed by atoms with Gasteiger partial charge in [0.05, 0.1) is 39.5 Å². The molecule has 2 atom stereocenters. The number of aliphatic hydroxyl groups excluding tert-OH is 1. The number of hydrogen-bond acceptors (Lipinski definition) is 7. The first kappa shape index (κ1) is 31.4. The van der Waals surface area contributed by atoms with Gasteiger partial charge in [0.1, 0.15) is 0 Å². The van der Waals surface area contributed by atoms with Crippen LogP contribution in [-0.2, 0) is 16.0 Å². The van der Waals surface area contributed by atoms with Gasteiger partial charge in [-0.15, -0.1) is 0 Å². The van der Waals surface area contributed by atoms with Crippen LogP contribution in [0.2, 0.25) is 10.0 Å². The van der Waals surface area contributed by atoms with Crippen molar-refractivity contribution < 1.29 is 24.2 Å². The number of nitrogens with one attached hydrogen (secondary N) is 2. The van der Waals surface area contributed by atoms with Crippen molar-refractivity contribution in [1.82, 2.24) is 25.0 Å². The summed E-state index contributed by atoms with van der Waals surface area (Å²) in [6.07, 6.45) is 2.55. The number of rotatable bonds is 6. The summed E-state index contributed by atoms with van der Waals surface area (Å²) in [6.45, 7) is 2.23. The number of likely N-dealkylation sites (tertiary alicyclic amines) is 1. The molecule has 0 bridgehead atoms. The number of aromatic nitrogens is 1. The number of aliphatic hydroxyl groups is 1. The molecule has 2 unspecified atom stereocenters. The highest BCUT2D eigenvalue weighted by Crippen LogP contribution is 2.49. The molecule has 4 heterocycles. The fraction of sp³-hybridized carbons (Fsp3) is 0.353. The number of halogens is 2. The first-order valence-corrected chi connectivity index (χ1v) is 16.2. The second-order valence-corrected chi connectivity index (χ2v) is 13.3. The van der Waals surface area contributed by atoms with Gasteiger partial charge in [0.2, 0.25) is 11.8 Å². The quantitative estimate of drug-likeness (QED) is 0.346. The molecule has 3 N–H and O–H groups in total. The standard InChI is InChI=1S/C34H34Cl2N6O5/c1-40-15-22(31(44)41(2)33(40)46)29(43)38-23-9-5-7-20(28(23)36)19-6-4-8-21(27(19)35)24-14-18-10-11-25(26(18)30(39-24)47-3)42-16-34(17-42)12-13-37-32(34)45/h4-9,14-15,25,31,44H,10-13,16-17H2,1-3H3,(H,37,45)(H,38,43). The molecule has 3 aliphatic heterocycles. The first-order valence-electron chi connectivity index (χ1n) is 15.4. The van der Waals surface area contributed by atoms with Crippen LogP contribution in [-0.4, -0.2) is 89.7 Å². The van der Waals surface area contributed by atoms with Crippen LogP contribution in [0.15, 0.2) is 54.2 Å². The molecule has 1 aliphatic carbocycles. The molecule has 2 saturated heterocycles. The van der Waals surface area contributed by atoms with E-state index in [0.717, 1.165) is 54.9 Å². The molecule has 7 rings (SSSR count). The molecular formula is C34H34Cl2N6O5. The van der Waals surface area contributed by atoms with Crippen LogP contribution in [0.1, 0.15) is 30.0 Å². The highest BCUT2D eigenvalue weighted by molar-refractivity contribution is 6.39. The van der Waals surface area contributed by atoms with E-state index in [-0.39, 0.29) is 28.0 Å². The van der Waals surface area contributed by atoms with Crippen molar-refractivity contribution in [2.24, 2.45) is 5.41 Å². The SMILES string of the molecule is COc1nc(-c2cccc(-c3cccc(NC(=O)C4=CN(C)C(=O)N(C)C4O)c3Cl)c2Cl)cc2c1C(N1CC3(CCNC3=O)C1)CC2. The molecule has 1 spiro atoms. The van der Waals surface area contributed by atoms with Crippen LogP contribution in [0.4, 0.5) is 10.5 Å². The number of amides is 4. The third kappa shape index (κ3) is 5.12. The van der Waals surface area contributed by atoms with Gasteiger partial charge in [0.15, 0.2) is 6.23 Å². The summed E-state index contributed by atoms with van der Waals surface area (Å²) in [5, 5.41) is 17.0. The Balaban J connectivity index is 1.17. The minimum absolute atomic E-state index is 0.00684. The van der Waals surface area contributed by atoms with Gasteiger partial charge in [-0.05, 0) is 37.0 Å². The van der Waals surface area contributed by atoms with Crippen LogP contribution in [0.3, 0.4) is 0 Å². The number of ether oxygens (including phenoxy) is 1. The van der Waals surface area contributed by atoms with E-state index in [1.54, 1.807) is 19.2 Å². The summed E-state index contributed by atoms with van der Waals surface area (Å²) in [7, 11) is 4.54. The molecule has 3 aromatic rings. The molecule has 0 radical (unpaired) electrons. The number of fused-ring (bicyclic) bond motifs is 1. The Hall–Kier alpha value is -4.16. The second kappa shape index (κ2) is 11.8. The third-order valence-electron chi connectivity index (χ3n) is 9.80. The Labute approximate surface area is 282 Å². The van der Waals surface area contributed by atoms with Gasteiger partial charge >= 0.3 is 6.03 Å². The molecule has 13 heteroatoms. The lowest BCUT2D eigenvalue weighted by molar-refractivity contribution is -0.139. The Kier molecular flexibility index (Phi) is 7.91. The van der Waals surface area contributed by atoms with E-state index in [1.165, 1.54) is 25.2 Å². The number of likely N-dealkylation sites (N-methyl/N-ethyl adjacent to an activating group) is 1. The van der Waals surface area contributed by atoms with Gasteiger partial charge in [-0.2, -0.15) is 0 Å². The van der Waals surface area contributed by atoms with Crippen molar-refractivity contribution in [3.63, 3.8) is 0 Å². The summed E-state index contributed by atoms with van der Waals surface area (Å²) in [5.41, 5.74) is 4.88. The number of pyridine rings is 1. The summed E-state index contributed by atoms with van der Waals surface area (Å²) in [4.78, 5) is 47.3. The highest BCUT2D eigenvalue weighted by Gasteiger charge is 2.54. The van der Waals surface area contributed by atoms with Gasteiger partial charge in [-0.3, -0.25) is 19.4 Å². The highest BCUT2D eigenvalue weighted by atomic mass is 35.5. The van der Waals surface area contributed by atoms with Gasteiger partial charge < -0.3 is 25.4 Å². The number of hydrogen-bond donors (Lipinski definition) is 3. The Bertz CT molecular complexity index is 1860. The smallest absolute Gasteiger partial charge is 0.325 e. The van der Waals surface area contributed by atoms with Crippen molar-refractivity contribution in [3.8, 4) is 28.3 Å². The number of carbonyl (C=O) groups excluding carboxylic acids is 3. The lowest BCUT2D eigenvalue weighted by atomic mass is 9.77. The molecule has 2 fully saturated rings. The van der Waals surface area contributed by atoms with Crippen molar-refractivity contribution in [2.75, 3.05) is 46.2 Å². The second-order valence-electron chi connectivity index (χ2n) is 12.6. The predicted molar refractivity (Wildman–Crippen MR) is 178 cm³/mol. The number of carbonyl (C=O) groups is 3. The van der Waals surface area contributed by atoms with E-state index in [9.17, 15) is 19.5 Å². The summed E-state index contributed by atoms with van der Waals surface area (Å²) in [5.74, 6) is 0.113. The number of urea groups is 1. The lowest BCUT2D eigenvalue weighted by Gasteiger charge is -2.49. The van der Waals surface area contributed by atoms with Gasteiger partial charge in [0, 0.05) is 68.2 Å². The number of benzene rings is 2. The van der Waals surface area contributed by atoms with E-state index in [0.29, 0.717) is 39.0 Å². The maximum absolute atomic E-state index is 13.2. The Morgan fingerprint density at radius 1 is 1.09 bits per heavy atom. The minimum Gasteiger partial charge on any atom is -0.481 e. The van der Waals surface area contributed by atoms with Crippen molar-refractivity contribution >= 4 is 46.7 Å². The molecule has 4 amide bonds. The molecule has 244 valence electrons. The van der Waals surface area contributed by atoms with Crippen LogP contribution < -0.4 is 15.4 Å². The van der Waals surface area contributed by atoms with Crippen LogP contribution in [0.25, 0.3) is 22.4 Å². The maximum Gasteiger partial charge on any atom is 0.325 e. The maximum atomic E-state index is 13.2. The van der Waals surface area contributed by atoms with Crippen molar-refractivity contribution in [3.05, 3.63) is 75.4 Å². The van der Waals surface area contributed by atoms with E-state index < -0.39 is 18.2 Å². The minimum atomic E-state index is -1.41. The van der Waals surface area contributed by atoms with Crippen molar-refractivity contribution in [2.45, 2.75) is 31.5 Å². The average Bonchev–Trinajstić information content (AvgIpc) is 3.65. The Morgan fingerprint density at radius 3 is 2.49 bits per heavy atom. The van der Waals surface area contributed by atoms with Crippen LogP contribution in [0.5, 0.6) is 5.88 Å². The molecule has 1 aromatic heterocycles. The molecule has 0 saturated carbocycles. The number of methoxy groups -OCH3 is 1. The van der Waals surface area contributed by atoms with Gasteiger partial charge in [-0.25, -0.2) is 9.78 Å². The Morgan fingerprint density at radius 2 is 1.79 bits per heavy atom. The first-order chi connectivity index (χ1) is 22.5. The predicted octanol–water partition coefficient (Wildman–Crippen LogP) is 4.68. The van der Waals surface area contributed by atoms with Gasteiger partial charge in [0.25, 0.3) is 5.91 Å². The summed E-state index contributed by atoms with van der Waals surface area (Å²) >= 11 is 13.9. The summed E-state index contributed by atoms with van der Waals surface area (Å²) in [6, 6.07) is 12.6. The fourth-order valence-electron chi connectivity index (χ4n) is 7.25. The largest absolute Gasteiger partial charge is 0.481 e. The zero-order valence-electron chi connectivity index (χ0n) is 26.1. The number of aryl methyl sites for hydroxylation is 1. The molecule has 4 aliphatic rings. The molecular weight excluding hydrogens is 643 g/mol. The molecule has 2 aromatic carbocycles. The zero-order chi connectivity index (χ0) is 33.2. The van der Waals surface area contributed by atoms with Crippen LogP contribution in [0, 0.1) is 5.41 Å². The van der Waals surface area contributed by atoms with E-state index >= 15 is 0 Å². The average molecular weight is 678 g/mol. The van der Waals surface area contributed by atoms with Crippen molar-refractivity contribution in [1.29, 1.82) is 0 Å². The topological polar surface area (TPSA) is 127 Å². The molecule has 11 nitrogen and oxygen atoms in total. The van der Waals surface area contributed by atoms with E-state index in [4.69, 9.17) is 32.9 Å².